The lowest BCUT2D eigenvalue weighted by Crippen LogP contribution is -1.94. The van der Waals surface area contributed by atoms with E-state index >= 15 is 0 Å². The summed E-state index contributed by atoms with van der Waals surface area (Å²) in [6.45, 7) is 0. The van der Waals surface area contributed by atoms with Crippen LogP contribution in [0.1, 0.15) is 16.9 Å². The van der Waals surface area contributed by atoms with Gasteiger partial charge in [0, 0.05) is 11.3 Å². The molecule has 1 aromatic heterocycles. The number of thiophene rings is 1. The van der Waals surface area contributed by atoms with Crippen LogP contribution in [0.5, 0.6) is 11.5 Å². The maximum Gasteiger partial charge on any atom is 0.161 e. The number of hydrogen-bond acceptors (Lipinski definition) is 4. The van der Waals surface area contributed by atoms with Gasteiger partial charge >= 0.3 is 0 Å². The molecule has 4 heteroatoms. The van der Waals surface area contributed by atoms with Crippen LogP contribution >= 0.6 is 11.3 Å². The van der Waals surface area contributed by atoms with Crippen molar-refractivity contribution in [2.45, 2.75) is 12.8 Å². The molecule has 2 aromatic rings. The molecular formula is C16H16O3S. The number of methoxy groups -OCH3 is 1. The summed E-state index contributed by atoms with van der Waals surface area (Å²) in [6, 6.07) is 9.00. The normalized spacial score (nSPS) is 10.8. The molecule has 0 fully saturated rings. The highest BCUT2D eigenvalue weighted by atomic mass is 32.1. The average molecular weight is 288 g/mol. The molecule has 0 saturated heterocycles. The smallest absolute Gasteiger partial charge is 0.161 e. The summed E-state index contributed by atoms with van der Waals surface area (Å²) in [5.74, 6) is 0.581. The minimum Gasteiger partial charge on any atom is -0.504 e. The third-order valence-corrected chi connectivity index (χ3v) is 3.80. The van der Waals surface area contributed by atoms with Crippen molar-refractivity contribution >= 4 is 23.2 Å². The first-order valence-electron chi connectivity index (χ1n) is 6.29. The van der Waals surface area contributed by atoms with E-state index in [0.29, 0.717) is 12.2 Å². The third-order valence-electron chi connectivity index (χ3n) is 2.86. The molecule has 0 saturated carbocycles. The number of rotatable bonds is 6. The van der Waals surface area contributed by atoms with E-state index in [2.05, 4.69) is 0 Å². The van der Waals surface area contributed by atoms with Gasteiger partial charge in [0.15, 0.2) is 17.3 Å². The van der Waals surface area contributed by atoms with E-state index in [1.807, 2.05) is 17.5 Å². The van der Waals surface area contributed by atoms with Crippen LogP contribution in [0.25, 0.3) is 6.08 Å². The molecule has 20 heavy (non-hydrogen) atoms. The standard InChI is InChI=1S/C16H16O3S/c1-19-16-11-12(5-9-15(16)18)4-6-13(17)7-8-14-3-2-10-20-14/h2-6,9-11,18H,7-8H2,1H3. The summed E-state index contributed by atoms with van der Waals surface area (Å²) in [4.78, 5) is 13.0. The lowest BCUT2D eigenvalue weighted by atomic mass is 10.1. The molecule has 0 aliphatic rings. The fourth-order valence-corrected chi connectivity index (χ4v) is 2.48. The minimum atomic E-state index is 0.0884. The number of ether oxygens (including phenoxy) is 1. The van der Waals surface area contributed by atoms with Gasteiger partial charge in [-0.25, -0.2) is 0 Å². The number of benzene rings is 1. The Labute approximate surface area is 122 Å². The Morgan fingerprint density at radius 1 is 1.40 bits per heavy atom. The molecule has 0 unspecified atom stereocenters. The van der Waals surface area contributed by atoms with Crippen LogP contribution < -0.4 is 4.74 Å². The van der Waals surface area contributed by atoms with Crippen molar-refractivity contribution in [1.82, 2.24) is 0 Å². The monoisotopic (exact) mass is 288 g/mol. The number of aromatic hydroxyl groups is 1. The van der Waals surface area contributed by atoms with E-state index in [1.165, 1.54) is 12.0 Å². The van der Waals surface area contributed by atoms with E-state index in [0.717, 1.165) is 12.0 Å². The number of carbonyl (C=O) groups excluding carboxylic acids is 1. The number of hydrogen-bond donors (Lipinski definition) is 1. The van der Waals surface area contributed by atoms with Crippen LogP contribution in [0.15, 0.2) is 41.8 Å². The van der Waals surface area contributed by atoms with Crippen LogP contribution in [0.3, 0.4) is 0 Å². The van der Waals surface area contributed by atoms with E-state index in [4.69, 9.17) is 4.74 Å². The lowest BCUT2D eigenvalue weighted by molar-refractivity contribution is -0.114. The molecule has 0 amide bonds. The number of allylic oxidation sites excluding steroid dienone is 1. The lowest BCUT2D eigenvalue weighted by Gasteiger charge is -2.03. The van der Waals surface area contributed by atoms with Crippen LogP contribution in [-0.4, -0.2) is 18.0 Å². The summed E-state index contributed by atoms with van der Waals surface area (Å²) >= 11 is 1.67. The summed E-state index contributed by atoms with van der Waals surface area (Å²) in [5, 5.41) is 11.5. The Morgan fingerprint density at radius 3 is 2.95 bits per heavy atom. The van der Waals surface area contributed by atoms with Crippen molar-refractivity contribution in [3.63, 3.8) is 0 Å². The zero-order valence-corrected chi connectivity index (χ0v) is 12.0. The Balaban J connectivity index is 1.93. The fraction of sp³-hybridized carbons (Fsp3) is 0.188. The predicted octanol–water partition coefficient (Wildman–Crippen LogP) is 3.68. The van der Waals surface area contributed by atoms with Crippen LogP contribution in [0.2, 0.25) is 0 Å². The van der Waals surface area contributed by atoms with Gasteiger partial charge in [-0.3, -0.25) is 4.79 Å². The molecule has 2 rings (SSSR count). The minimum absolute atomic E-state index is 0.0884. The van der Waals surface area contributed by atoms with E-state index < -0.39 is 0 Å². The second kappa shape index (κ2) is 6.91. The SMILES string of the molecule is COc1cc(C=CC(=O)CCc2cccs2)ccc1O. The Hall–Kier alpha value is -2.07. The Kier molecular flexibility index (Phi) is 4.96. The zero-order valence-electron chi connectivity index (χ0n) is 11.2. The largest absolute Gasteiger partial charge is 0.504 e. The quantitative estimate of drug-likeness (QED) is 0.825. The molecule has 0 atom stereocenters. The van der Waals surface area contributed by atoms with Gasteiger partial charge in [-0.2, -0.15) is 0 Å². The third kappa shape index (κ3) is 3.96. The van der Waals surface area contributed by atoms with E-state index in [1.54, 1.807) is 41.7 Å². The number of ketones is 1. The highest BCUT2D eigenvalue weighted by Gasteiger charge is 2.02. The maximum absolute atomic E-state index is 11.8. The average Bonchev–Trinajstić information content (AvgIpc) is 2.97. The fourth-order valence-electron chi connectivity index (χ4n) is 1.77. The molecule has 3 nitrogen and oxygen atoms in total. The Bertz CT molecular complexity index is 600. The molecule has 1 N–H and O–H groups in total. The summed E-state index contributed by atoms with van der Waals surface area (Å²) < 4.78 is 5.02. The summed E-state index contributed by atoms with van der Waals surface area (Å²) in [5.41, 5.74) is 0.823. The van der Waals surface area contributed by atoms with Gasteiger partial charge in [0.05, 0.1) is 7.11 Å². The van der Waals surface area contributed by atoms with Crippen molar-refractivity contribution in [2.75, 3.05) is 7.11 Å². The van der Waals surface area contributed by atoms with Gasteiger partial charge in [-0.15, -0.1) is 11.3 Å². The maximum atomic E-state index is 11.8. The van der Waals surface area contributed by atoms with Crippen molar-refractivity contribution in [1.29, 1.82) is 0 Å². The summed E-state index contributed by atoms with van der Waals surface area (Å²) in [7, 11) is 1.49. The summed E-state index contributed by atoms with van der Waals surface area (Å²) in [6.07, 6.45) is 4.59. The van der Waals surface area contributed by atoms with Gasteiger partial charge in [-0.1, -0.05) is 18.2 Å². The topological polar surface area (TPSA) is 46.5 Å². The molecule has 0 aliphatic carbocycles. The first-order valence-corrected chi connectivity index (χ1v) is 7.17. The molecule has 0 radical (unpaired) electrons. The van der Waals surface area contributed by atoms with Crippen molar-refractivity contribution in [3.05, 3.63) is 52.2 Å². The zero-order chi connectivity index (χ0) is 14.4. The predicted molar refractivity (Wildman–Crippen MR) is 81.3 cm³/mol. The number of carbonyl (C=O) groups is 1. The second-order valence-corrected chi connectivity index (χ2v) is 5.34. The van der Waals surface area contributed by atoms with Crippen molar-refractivity contribution in [3.8, 4) is 11.5 Å². The number of phenols is 1. The van der Waals surface area contributed by atoms with Gasteiger partial charge in [0.1, 0.15) is 0 Å². The number of phenolic OH excluding ortho intramolecular Hbond substituents is 1. The highest BCUT2D eigenvalue weighted by molar-refractivity contribution is 7.09. The second-order valence-electron chi connectivity index (χ2n) is 4.31. The molecule has 0 aliphatic heterocycles. The first-order chi connectivity index (χ1) is 9.69. The molecule has 0 bridgehead atoms. The van der Waals surface area contributed by atoms with Crippen LogP contribution in [0.4, 0.5) is 0 Å². The molecule has 0 spiro atoms. The molecular weight excluding hydrogens is 272 g/mol. The molecule has 104 valence electrons. The van der Waals surface area contributed by atoms with Gasteiger partial charge in [-0.05, 0) is 41.6 Å². The first kappa shape index (κ1) is 14.3. The molecule has 1 heterocycles. The van der Waals surface area contributed by atoms with Gasteiger partial charge in [0.2, 0.25) is 0 Å². The van der Waals surface area contributed by atoms with E-state index in [-0.39, 0.29) is 11.5 Å². The van der Waals surface area contributed by atoms with Crippen molar-refractivity contribution in [2.24, 2.45) is 0 Å². The van der Waals surface area contributed by atoms with Crippen molar-refractivity contribution < 1.29 is 14.6 Å². The van der Waals surface area contributed by atoms with Crippen LogP contribution in [-0.2, 0) is 11.2 Å². The molecule has 1 aromatic carbocycles. The van der Waals surface area contributed by atoms with Gasteiger partial charge in [0.25, 0.3) is 0 Å². The van der Waals surface area contributed by atoms with Gasteiger partial charge < -0.3 is 9.84 Å². The highest BCUT2D eigenvalue weighted by Crippen LogP contribution is 2.26. The van der Waals surface area contributed by atoms with E-state index in [9.17, 15) is 9.90 Å². The Morgan fingerprint density at radius 2 is 2.25 bits per heavy atom. The number of aryl methyl sites for hydroxylation is 1. The van der Waals surface area contributed by atoms with Crippen LogP contribution in [0, 0.1) is 0 Å².